The van der Waals surface area contributed by atoms with Gasteiger partial charge in [0.1, 0.15) is 5.82 Å². The molecular formula is C23H34FN3. The van der Waals surface area contributed by atoms with Crippen molar-refractivity contribution in [2.24, 2.45) is 0 Å². The average Bonchev–Trinajstić information content (AvgIpc) is 3.08. The van der Waals surface area contributed by atoms with Crippen LogP contribution in [-0.2, 0) is 0 Å². The minimum atomic E-state index is -0.110. The Morgan fingerprint density at radius 1 is 1.33 bits per heavy atom. The normalized spacial score (nSPS) is 22.1. The SMILES string of the molecule is CC[C@H]1CC(NC(C)c2ccc(C3=CCN(C(C)(C)C)CC3)c(F)c2)=CN1. The lowest BCUT2D eigenvalue weighted by Crippen LogP contribution is -2.43. The van der Waals surface area contributed by atoms with E-state index in [1.165, 1.54) is 5.70 Å². The quantitative estimate of drug-likeness (QED) is 0.765. The molecule has 0 amide bonds. The number of nitrogens with zero attached hydrogens (tertiary/aromatic N) is 1. The second kappa shape index (κ2) is 8.05. The summed E-state index contributed by atoms with van der Waals surface area (Å²) in [5, 5.41) is 6.90. The second-order valence-electron chi connectivity index (χ2n) is 8.85. The minimum absolute atomic E-state index is 0.0916. The highest BCUT2D eigenvalue weighted by Crippen LogP contribution is 2.29. The van der Waals surface area contributed by atoms with Crippen molar-refractivity contribution in [1.29, 1.82) is 0 Å². The van der Waals surface area contributed by atoms with E-state index in [0.717, 1.165) is 49.1 Å². The number of nitrogens with one attached hydrogen (secondary N) is 2. The third-order valence-corrected chi connectivity index (χ3v) is 5.85. The van der Waals surface area contributed by atoms with Crippen LogP contribution in [0.2, 0.25) is 0 Å². The molecule has 0 aromatic heterocycles. The Balaban J connectivity index is 1.66. The van der Waals surface area contributed by atoms with Crippen LogP contribution in [0.3, 0.4) is 0 Å². The van der Waals surface area contributed by atoms with Crippen molar-refractivity contribution < 1.29 is 4.39 Å². The smallest absolute Gasteiger partial charge is 0.131 e. The van der Waals surface area contributed by atoms with E-state index in [2.05, 4.69) is 68.5 Å². The zero-order valence-corrected chi connectivity index (χ0v) is 17.4. The van der Waals surface area contributed by atoms with Gasteiger partial charge in [-0.25, -0.2) is 4.39 Å². The molecule has 4 heteroatoms. The maximum atomic E-state index is 14.8. The fourth-order valence-corrected chi connectivity index (χ4v) is 3.91. The largest absolute Gasteiger partial charge is 0.386 e. The predicted octanol–water partition coefficient (Wildman–Crippen LogP) is 4.98. The molecular weight excluding hydrogens is 337 g/mol. The van der Waals surface area contributed by atoms with E-state index in [1.54, 1.807) is 6.07 Å². The first kappa shape index (κ1) is 19.9. The maximum Gasteiger partial charge on any atom is 0.131 e. The lowest BCUT2D eigenvalue weighted by molar-refractivity contribution is 0.153. The Bertz CT molecular complexity index is 730. The highest BCUT2D eigenvalue weighted by Gasteiger charge is 2.24. The number of halogens is 1. The van der Waals surface area contributed by atoms with Crippen molar-refractivity contribution in [2.75, 3.05) is 13.1 Å². The molecule has 0 fully saturated rings. The number of rotatable bonds is 5. The summed E-state index contributed by atoms with van der Waals surface area (Å²) >= 11 is 0. The van der Waals surface area contributed by atoms with Crippen LogP contribution < -0.4 is 10.6 Å². The molecule has 2 aliphatic heterocycles. The molecule has 0 spiro atoms. The molecule has 0 saturated heterocycles. The summed E-state index contributed by atoms with van der Waals surface area (Å²) in [7, 11) is 0. The Kier molecular flexibility index (Phi) is 5.95. The second-order valence-corrected chi connectivity index (χ2v) is 8.85. The maximum absolute atomic E-state index is 14.8. The molecule has 27 heavy (non-hydrogen) atoms. The third kappa shape index (κ3) is 4.73. The molecule has 3 nitrogen and oxygen atoms in total. The molecule has 0 aliphatic carbocycles. The summed E-state index contributed by atoms with van der Waals surface area (Å²) < 4.78 is 14.8. The molecule has 1 aromatic carbocycles. The first-order valence-electron chi connectivity index (χ1n) is 10.2. The Morgan fingerprint density at radius 3 is 2.67 bits per heavy atom. The average molecular weight is 372 g/mol. The molecule has 148 valence electrons. The van der Waals surface area contributed by atoms with Gasteiger partial charge in [0.05, 0.1) is 0 Å². The summed E-state index contributed by atoms with van der Waals surface area (Å²) in [6.45, 7) is 12.8. The van der Waals surface area contributed by atoms with Gasteiger partial charge in [0.15, 0.2) is 0 Å². The fraction of sp³-hybridized carbons (Fsp3) is 0.565. The van der Waals surface area contributed by atoms with Gasteiger partial charge in [-0.15, -0.1) is 0 Å². The molecule has 1 aromatic rings. The van der Waals surface area contributed by atoms with E-state index in [-0.39, 0.29) is 17.4 Å². The van der Waals surface area contributed by atoms with E-state index in [0.29, 0.717) is 6.04 Å². The van der Waals surface area contributed by atoms with Crippen molar-refractivity contribution in [3.63, 3.8) is 0 Å². The van der Waals surface area contributed by atoms with Gasteiger partial charge in [-0.2, -0.15) is 0 Å². The predicted molar refractivity (Wildman–Crippen MR) is 112 cm³/mol. The first-order valence-corrected chi connectivity index (χ1v) is 10.2. The standard InChI is InChI=1S/C23H34FN3/c1-6-19-14-20(15-25-19)26-16(2)18-7-8-21(22(24)13-18)17-9-11-27(12-10-17)23(3,4)5/h7-9,13,15-16,19,25-26H,6,10-12,14H2,1-5H3/t16?,19-/m0/s1. The van der Waals surface area contributed by atoms with Gasteiger partial charge in [0.2, 0.25) is 0 Å². The lowest BCUT2D eigenvalue weighted by atomic mass is 9.94. The number of hydrogen-bond donors (Lipinski definition) is 2. The zero-order valence-electron chi connectivity index (χ0n) is 17.4. The van der Waals surface area contributed by atoms with Crippen LogP contribution >= 0.6 is 0 Å². The summed E-state index contributed by atoms with van der Waals surface area (Å²) in [5.41, 5.74) is 4.24. The molecule has 2 heterocycles. The highest BCUT2D eigenvalue weighted by atomic mass is 19.1. The van der Waals surface area contributed by atoms with Crippen LogP contribution in [0.1, 0.15) is 71.0 Å². The van der Waals surface area contributed by atoms with Gasteiger partial charge in [-0.05, 0) is 57.7 Å². The zero-order chi connectivity index (χ0) is 19.6. The van der Waals surface area contributed by atoms with Crippen molar-refractivity contribution in [2.45, 2.75) is 71.5 Å². The number of benzene rings is 1. The van der Waals surface area contributed by atoms with E-state index < -0.39 is 0 Å². The van der Waals surface area contributed by atoms with Gasteiger partial charge in [0.25, 0.3) is 0 Å². The van der Waals surface area contributed by atoms with Crippen LogP contribution in [0.15, 0.2) is 36.2 Å². The van der Waals surface area contributed by atoms with Crippen LogP contribution in [-0.4, -0.2) is 29.6 Å². The summed E-state index contributed by atoms with van der Waals surface area (Å²) in [5.74, 6) is -0.110. The number of hydrogen-bond acceptors (Lipinski definition) is 3. The summed E-state index contributed by atoms with van der Waals surface area (Å²) in [4.78, 5) is 2.43. The van der Waals surface area contributed by atoms with Crippen LogP contribution in [0.4, 0.5) is 4.39 Å². The van der Waals surface area contributed by atoms with Crippen molar-refractivity contribution in [3.05, 3.63) is 53.1 Å². The fourth-order valence-electron chi connectivity index (χ4n) is 3.91. The van der Waals surface area contributed by atoms with Crippen LogP contribution in [0.25, 0.3) is 5.57 Å². The summed E-state index contributed by atoms with van der Waals surface area (Å²) in [6.07, 6.45) is 7.27. The van der Waals surface area contributed by atoms with Gasteiger partial charge in [-0.1, -0.05) is 25.1 Å². The van der Waals surface area contributed by atoms with E-state index >= 15 is 0 Å². The Morgan fingerprint density at radius 2 is 2.11 bits per heavy atom. The monoisotopic (exact) mass is 371 g/mol. The van der Waals surface area contributed by atoms with Gasteiger partial charge in [0, 0.05) is 54.6 Å². The van der Waals surface area contributed by atoms with Gasteiger partial charge >= 0.3 is 0 Å². The lowest BCUT2D eigenvalue weighted by Gasteiger charge is -2.37. The Hall–Kier alpha value is -1.81. The van der Waals surface area contributed by atoms with Gasteiger partial charge in [-0.3, -0.25) is 4.90 Å². The van der Waals surface area contributed by atoms with E-state index in [9.17, 15) is 4.39 Å². The molecule has 3 rings (SSSR count). The molecule has 0 saturated carbocycles. The molecule has 0 bridgehead atoms. The minimum Gasteiger partial charge on any atom is -0.386 e. The molecule has 2 aliphatic rings. The van der Waals surface area contributed by atoms with Crippen molar-refractivity contribution >= 4 is 5.57 Å². The highest BCUT2D eigenvalue weighted by molar-refractivity contribution is 5.67. The van der Waals surface area contributed by atoms with Gasteiger partial charge < -0.3 is 10.6 Å². The van der Waals surface area contributed by atoms with E-state index in [4.69, 9.17) is 0 Å². The third-order valence-electron chi connectivity index (χ3n) is 5.85. The first-order chi connectivity index (χ1) is 12.8. The summed E-state index contributed by atoms with van der Waals surface area (Å²) in [6, 6.07) is 6.33. The Labute approximate surface area is 163 Å². The molecule has 0 radical (unpaired) electrons. The molecule has 2 atom stereocenters. The van der Waals surface area contributed by atoms with Crippen molar-refractivity contribution in [3.8, 4) is 0 Å². The molecule has 2 N–H and O–H groups in total. The van der Waals surface area contributed by atoms with E-state index in [1.807, 2.05) is 6.07 Å². The van der Waals surface area contributed by atoms with Crippen LogP contribution in [0, 0.1) is 5.82 Å². The van der Waals surface area contributed by atoms with Crippen LogP contribution in [0.5, 0.6) is 0 Å². The topological polar surface area (TPSA) is 27.3 Å². The molecule has 1 unspecified atom stereocenters. The van der Waals surface area contributed by atoms with Crippen molar-refractivity contribution in [1.82, 2.24) is 15.5 Å².